The van der Waals surface area contributed by atoms with Gasteiger partial charge < -0.3 is 9.84 Å². The molecule has 0 unspecified atom stereocenters. The van der Waals surface area contributed by atoms with E-state index in [2.05, 4.69) is 0 Å². The third kappa shape index (κ3) is 3.54. The maximum Gasteiger partial charge on any atom is 0.147 e. The number of ether oxygens (including phenoxy) is 1. The number of halogens is 3. The molecule has 1 atom stereocenters. The highest BCUT2D eigenvalue weighted by atomic mass is 35.5. The Bertz CT molecular complexity index is 597. The van der Waals surface area contributed by atoms with E-state index in [1.165, 1.54) is 0 Å². The van der Waals surface area contributed by atoms with Gasteiger partial charge in [-0.2, -0.15) is 0 Å². The topological polar surface area (TPSA) is 29.5 Å². The molecule has 2 nitrogen and oxygen atoms in total. The van der Waals surface area contributed by atoms with Crippen molar-refractivity contribution < 1.29 is 9.84 Å². The third-order valence-electron chi connectivity index (χ3n) is 2.55. The van der Waals surface area contributed by atoms with E-state index in [9.17, 15) is 5.11 Å². The van der Waals surface area contributed by atoms with Crippen LogP contribution >= 0.6 is 34.8 Å². The summed E-state index contributed by atoms with van der Waals surface area (Å²) in [5, 5.41) is 10.8. The molecule has 0 saturated carbocycles. The fraction of sp³-hybridized carbons (Fsp3) is 0.143. The predicted molar refractivity (Wildman–Crippen MR) is 78.6 cm³/mol. The Hall–Kier alpha value is -0.930. The van der Waals surface area contributed by atoms with Crippen molar-refractivity contribution in [2.75, 3.05) is 0 Å². The molecule has 0 saturated heterocycles. The van der Waals surface area contributed by atoms with E-state index in [4.69, 9.17) is 39.5 Å². The number of aliphatic hydroxyl groups is 1. The van der Waals surface area contributed by atoms with E-state index in [0.29, 0.717) is 26.6 Å². The second kappa shape index (κ2) is 6.02. The number of hydrogen-bond donors (Lipinski definition) is 1. The van der Waals surface area contributed by atoms with Gasteiger partial charge >= 0.3 is 0 Å². The first-order valence-electron chi connectivity index (χ1n) is 5.58. The molecule has 2 aromatic carbocycles. The summed E-state index contributed by atoms with van der Waals surface area (Å²) in [4.78, 5) is 0. The van der Waals surface area contributed by atoms with Crippen LogP contribution in [-0.4, -0.2) is 5.11 Å². The maximum atomic E-state index is 9.47. The summed E-state index contributed by atoms with van der Waals surface area (Å²) in [6, 6.07) is 10.0. The van der Waals surface area contributed by atoms with Gasteiger partial charge in [0, 0.05) is 11.1 Å². The van der Waals surface area contributed by atoms with Gasteiger partial charge in [-0.25, -0.2) is 0 Å². The molecule has 0 aliphatic heterocycles. The van der Waals surface area contributed by atoms with E-state index in [0.717, 1.165) is 5.56 Å². The van der Waals surface area contributed by atoms with Crippen molar-refractivity contribution in [2.24, 2.45) is 0 Å². The van der Waals surface area contributed by atoms with Gasteiger partial charge in [0.05, 0.1) is 16.1 Å². The standard InChI is InChI=1S/C14H11Cl3O2/c1-8(18)9-2-5-13(12(17)6-9)19-14-7-10(15)3-4-11(14)16/h2-8,18H,1H3/t8-/m0/s1. The molecule has 0 radical (unpaired) electrons. The number of rotatable bonds is 3. The second-order valence-electron chi connectivity index (χ2n) is 4.04. The molecule has 0 amide bonds. The molecule has 1 N–H and O–H groups in total. The second-order valence-corrected chi connectivity index (χ2v) is 5.29. The summed E-state index contributed by atoms with van der Waals surface area (Å²) in [6.45, 7) is 1.67. The molecule has 5 heteroatoms. The number of benzene rings is 2. The zero-order valence-corrected chi connectivity index (χ0v) is 12.3. The Labute approximate surface area is 126 Å². The van der Waals surface area contributed by atoms with Crippen molar-refractivity contribution in [3.63, 3.8) is 0 Å². The van der Waals surface area contributed by atoms with Gasteiger partial charge in [0.25, 0.3) is 0 Å². The van der Waals surface area contributed by atoms with Crippen LogP contribution in [0, 0.1) is 0 Å². The lowest BCUT2D eigenvalue weighted by Gasteiger charge is -2.11. The van der Waals surface area contributed by atoms with Crippen molar-refractivity contribution in [3.8, 4) is 11.5 Å². The van der Waals surface area contributed by atoms with E-state index < -0.39 is 6.10 Å². The van der Waals surface area contributed by atoms with Crippen LogP contribution in [0.3, 0.4) is 0 Å². The van der Waals surface area contributed by atoms with Crippen LogP contribution in [-0.2, 0) is 0 Å². The van der Waals surface area contributed by atoms with Gasteiger partial charge in [0.1, 0.15) is 11.5 Å². The van der Waals surface area contributed by atoms with Crippen LogP contribution in [0.2, 0.25) is 15.1 Å². The van der Waals surface area contributed by atoms with Crippen LogP contribution in [0.5, 0.6) is 11.5 Å². The molecule has 0 aliphatic carbocycles. The monoisotopic (exact) mass is 316 g/mol. The highest BCUT2D eigenvalue weighted by molar-refractivity contribution is 6.34. The highest BCUT2D eigenvalue weighted by Crippen LogP contribution is 2.36. The highest BCUT2D eigenvalue weighted by Gasteiger charge is 2.10. The van der Waals surface area contributed by atoms with Gasteiger partial charge in [0.2, 0.25) is 0 Å². The van der Waals surface area contributed by atoms with Gasteiger partial charge in [-0.1, -0.05) is 40.9 Å². The van der Waals surface area contributed by atoms with Gasteiger partial charge in [0.15, 0.2) is 0 Å². The Kier molecular flexibility index (Phi) is 4.58. The minimum absolute atomic E-state index is 0.398. The molecule has 2 aromatic rings. The van der Waals surface area contributed by atoms with E-state index in [1.54, 1.807) is 43.3 Å². The lowest BCUT2D eigenvalue weighted by Crippen LogP contribution is -1.92. The van der Waals surface area contributed by atoms with Gasteiger partial charge in [-0.05, 0) is 36.8 Å². The van der Waals surface area contributed by atoms with Crippen molar-refractivity contribution in [3.05, 3.63) is 57.0 Å². The first-order chi connectivity index (χ1) is 8.97. The lowest BCUT2D eigenvalue weighted by molar-refractivity contribution is 0.199. The molecule has 19 heavy (non-hydrogen) atoms. The van der Waals surface area contributed by atoms with Gasteiger partial charge in [-0.15, -0.1) is 0 Å². The third-order valence-corrected chi connectivity index (χ3v) is 3.39. The van der Waals surface area contributed by atoms with E-state index >= 15 is 0 Å². The normalized spacial score (nSPS) is 12.3. The quantitative estimate of drug-likeness (QED) is 0.810. The summed E-state index contributed by atoms with van der Waals surface area (Å²) in [5.74, 6) is 0.885. The minimum atomic E-state index is -0.582. The Morgan fingerprint density at radius 1 is 0.947 bits per heavy atom. The molecule has 0 spiro atoms. The zero-order chi connectivity index (χ0) is 14.0. The molecule has 100 valence electrons. The molecular formula is C14H11Cl3O2. The zero-order valence-electron chi connectivity index (χ0n) is 10.0. The van der Waals surface area contributed by atoms with Crippen LogP contribution < -0.4 is 4.74 Å². The van der Waals surface area contributed by atoms with Gasteiger partial charge in [-0.3, -0.25) is 0 Å². The van der Waals surface area contributed by atoms with Crippen LogP contribution in [0.15, 0.2) is 36.4 Å². The molecule has 2 rings (SSSR count). The van der Waals surface area contributed by atoms with E-state index in [-0.39, 0.29) is 0 Å². The van der Waals surface area contributed by atoms with Crippen molar-refractivity contribution in [2.45, 2.75) is 13.0 Å². The smallest absolute Gasteiger partial charge is 0.147 e. The molecular weight excluding hydrogens is 307 g/mol. The maximum absolute atomic E-state index is 9.47. The van der Waals surface area contributed by atoms with Crippen molar-refractivity contribution >= 4 is 34.8 Å². The largest absolute Gasteiger partial charge is 0.454 e. The van der Waals surface area contributed by atoms with Crippen LogP contribution in [0.4, 0.5) is 0 Å². The predicted octanol–water partition coefficient (Wildman–Crippen LogP) is 5.49. The first-order valence-corrected chi connectivity index (χ1v) is 6.71. The fourth-order valence-electron chi connectivity index (χ4n) is 1.53. The number of aliphatic hydroxyl groups excluding tert-OH is 1. The van der Waals surface area contributed by atoms with E-state index in [1.807, 2.05) is 0 Å². The molecule has 0 aromatic heterocycles. The number of hydrogen-bond acceptors (Lipinski definition) is 2. The summed E-state index contributed by atoms with van der Waals surface area (Å²) in [7, 11) is 0. The van der Waals surface area contributed by atoms with Crippen molar-refractivity contribution in [1.82, 2.24) is 0 Å². The summed E-state index contributed by atoms with van der Waals surface area (Å²) in [6.07, 6.45) is -0.582. The summed E-state index contributed by atoms with van der Waals surface area (Å²) >= 11 is 18.0. The van der Waals surface area contributed by atoms with Crippen molar-refractivity contribution in [1.29, 1.82) is 0 Å². The lowest BCUT2D eigenvalue weighted by atomic mass is 10.1. The minimum Gasteiger partial charge on any atom is -0.454 e. The summed E-state index contributed by atoms with van der Waals surface area (Å²) < 4.78 is 5.63. The Morgan fingerprint density at radius 2 is 1.68 bits per heavy atom. The van der Waals surface area contributed by atoms with Crippen LogP contribution in [0.1, 0.15) is 18.6 Å². The average molecular weight is 318 g/mol. The average Bonchev–Trinajstić information content (AvgIpc) is 2.36. The SMILES string of the molecule is C[C@H](O)c1ccc(Oc2cc(Cl)ccc2Cl)c(Cl)c1. The summed E-state index contributed by atoms with van der Waals surface area (Å²) in [5.41, 5.74) is 0.717. The first kappa shape index (κ1) is 14.5. The van der Waals surface area contributed by atoms with Crippen LogP contribution in [0.25, 0.3) is 0 Å². The molecule has 0 bridgehead atoms. The Morgan fingerprint density at radius 3 is 2.32 bits per heavy atom. The molecule has 0 heterocycles. The molecule has 0 fully saturated rings. The molecule has 0 aliphatic rings. The Balaban J connectivity index is 2.31. The fourth-order valence-corrected chi connectivity index (χ4v) is 2.08.